The molecular formula is C16H21Cl2N3O4. The van der Waals surface area contributed by atoms with Crippen LogP contribution in [0.3, 0.4) is 0 Å². The van der Waals surface area contributed by atoms with E-state index in [4.69, 9.17) is 23.2 Å². The molecule has 0 radical (unpaired) electrons. The van der Waals surface area contributed by atoms with E-state index in [1.807, 2.05) is 13.8 Å². The van der Waals surface area contributed by atoms with Gasteiger partial charge in [0.25, 0.3) is 11.8 Å². The first-order valence-electron chi connectivity index (χ1n) is 7.60. The molecule has 3 amide bonds. The molecule has 0 fully saturated rings. The van der Waals surface area contributed by atoms with Crippen molar-refractivity contribution in [2.45, 2.75) is 26.3 Å². The van der Waals surface area contributed by atoms with Gasteiger partial charge in [-0.2, -0.15) is 0 Å². The summed E-state index contributed by atoms with van der Waals surface area (Å²) in [6.07, 6.45) is 0.426. The standard InChI is InChI=1S/C16H21Cl2N3O4/c1-9(2)6-13(16(24)21-25-3)20-14(22)8-19-15(23)11-7-10(17)4-5-12(11)18/h4-5,7,9,13H,6,8H2,1-3H3,(H,19,23)(H,20,22)(H,21,24). The summed E-state index contributed by atoms with van der Waals surface area (Å²) >= 11 is 11.8. The summed E-state index contributed by atoms with van der Waals surface area (Å²) in [5.74, 6) is -1.34. The second kappa shape index (κ2) is 10.2. The minimum Gasteiger partial charge on any atom is -0.343 e. The average Bonchev–Trinajstić information content (AvgIpc) is 2.54. The number of halogens is 2. The largest absolute Gasteiger partial charge is 0.343 e. The van der Waals surface area contributed by atoms with Crippen LogP contribution in [0.25, 0.3) is 0 Å². The van der Waals surface area contributed by atoms with E-state index >= 15 is 0 Å². The topological polar surface area (TPSA) is 96.5 Å². The second-order valence-corrected chi connectivity index (χ2v) is 6.57. The van der Waals surface area contributed by atoms with Crippen molar-refractivity contribution in [3.05, 3.63) is 33.8 Å². The molecule has 0 aromatic heterocycles. The molecule has 0 bridgehead atoms. The monoisotopic (exact) mass is 389 g/mol. The molecule has 0 saturated heterocycles. The van der Waals surface area contributed by atoms with Gasteiger partial charge in [0, 0.05) is 5.02 Å². The number of carbonyl (C=O) groups excluding carboxylic acids is 3. The van der Waals surface area contributed by atoms with Crippen LogP contribution < -0.4 is 16.1 Å². The molecule has 9 heteroatoms. The maximum atomic E-state index is 12.1. The molecule has 0 heterocycles. The van der Waals surface area contributed by atoms with Gasteiger partial charge in [0.1, 0.15) is 6.04 Å². The summed E-state index contributed by atoms with van der Waals surface area (Å²) in [6.45, 7) is 3.53. The number of hydrogen-bond acceptors (Lipinski definition) is 4. The van der Waals surface area contributed by atoms with Gasteiger partial charge in [0.15, 0.2) is 0 Å². The van der Waals surface area contributed by atoms with Crippen molar-refractivity contribution in [1.82, 2.24) is 16.1 Å². The van der Waals surface area contributed by atoms with Crippen molar-refractivity contribution in [1.29, 1.82) is 0 Å². The molecule has 1 atom stereocenters. The van der Waals surface area contributed by atoms with Crippen molar-refractivity contribution in [3.63, 3.8) is 0 Å². The van der Waals surface area contributed by atoms with Gasteiger partial charge in [-0.05, 0) is 30.5 Å². The predicted octanol–water partition coefficient (Wildman–Crippen LogP) is 1.93. The van der Waals surface area contributed by atoms with Crippen LogP contribution in [0.5, 0.6) is 0 Å². The summed E-state index contributed by atoms with van der Waals surface area (Å²) < 4.78 is 0. The highest BCUT2D eigenvalue weighted by Crippen LogP contribution is 2.20. The third-order valence-corrected chi connectivity index (χ3v) is 3.71. The highest BCUT2D eigenvalue weighted by Gasteiger charge is 2.22. The number of hydroxylamine groups is 1. The Bertz CT molecular complexity index is 638. The van der Waals surface area contributed by atoms with Crippen LogP contribution in [0.2, 0.25) is 10.0 Å². The first-order valence-corrected chi connectivity index (χ1v) is 8.35. The number of carbonyl (C=O) groups is 3. The Morgan fingerprint density at radius 2 is 1.88 bits per heavy atom. The molecule has 1 unspecified atom stereocenters. The van der Waals surface area contributed by atoms with Gasteiger partial charge in [-0.1, -0.05) is 37.0 Å². The van der Waals surface area contributed by atoms with Crippen LogP contribution in [0.1, 0.15) is 30.6 Å². The number of amides is 3. The van der Waals surface area contributed by atoms with E-state index in [-0.39, 0.29) is 23.0 Å². The zero-order chi connectivity index (χ0) is 19.0. The fourth-order valence-corrected chi connectivity index (χ4v) is 2.42. The quantitative estimate of drug-likeness (QED) is 0.591. The molecule has 0 aliphatic carbocycles. The van der Waals surface area contributed by atoms with E-state index in [0.717, 1.165) is 0 Å². The van der Waals surface area contributed by atoms with Gasteiger partial charge in [0.2, 0.25) is 5.91 Å². The third kappa shape index (κ3) is 7.29. The summed E-state index contributed by atoms with van der Waals surface area (Å²) in [4.78, 5) is 40.6. The average molecular weight is 390 g/mol. The van der Waals surface area contributed by atoms with Crippen LogP contribution in [-0.4, -0.2) is 37.4 Å². The molecule has 1 aromatic rings. The Kier molecular flexibility index (Phi) is 8.68. The first kappa shape index (κ1) is 21.2. The fourth-order valence-electron chi connectivity index (χ4n) is 2.05. The van der Waals surface area contributed by atoms with Crippen LogP contribution in [0.4, 0.5) is 0 Å². The van der Waals surface area contributed by atoms with Crippen molar-refractivity contribution in [2.75, 3.05) is 13.7 Å². The SMILES string of the molecule is CONC(=O)C(CC(C)C)NC(=O)CNC(=O)c1cc(Cl)ccc1Cl. The number of hydrogen-bond donors (Lipinski definition) is 3. The number of nitrogens with one attached hydrogen (secondary N) is 3. The molecule has 138 valence electrons. The van der Waals surface area contributed by atoms with Gasteiger partial charge < -0.3 is 10.6 Å². The fraction of sp³-hybridized carbons (Fsp3) is 0.438. The van der Waals surface area contributed by atoms with E-state index in [9.17, 15) is 14.4 Å². The molecule has 0 spiro atoms. The highest BCUT2D eigenvalue weighted by atomic mass is 35.5. The van der Waals surface area contributed by atoms with Crippen LogP contribution in [0, 0.1) is 5.92 Å². The van der Waals surface area contributed by atoms with Crippen molar-refractivity contribution in [3.8, 4) is 0 Å². The zero-order valence-electron chi connectivity index (χ0n) is 14.2. The van der Waals surface area contributed by atoms with Gasteiger partial charge in [-0.25, -0.2) is 5.48 Å². The summed E-state index contributed by atoms with van der Waals surface area (Å²) in [6, 6.07) is 3.69. The molecule has 0 saturated carbocycles. The number of benzene rings is 1. The predicted molar refractivity (Wildman–Crippen MR) is 95.3 cm³/mol. The third-order valence-electron chi connectivity index (χ3n) is 3.14. The molecular weight excluding hydrogens is 369 g/mol. The van der Waals surface area contributed by atoms with Crippen LogP contribution in [0.15, 0.2) is 18.2 Å². The normalized spacial score (nSPS) is 11.8. The Balaban J connectivity index is 2.63. The lowest BCUT2D eigenvalue weighted by atomic mass is 10.0. The molecule has 0 aliphatic rings. The van der Waals surface area contributed by atoms with Gasteiger partial charge in [-0.3, -0.25) is 19.2 Å². The van der Waals surface area contributed by atoms with Crippen LogP contribution in [-0.2, 0) is 14.4 Å². The lowest BCUT2D eigenvalue weighted by Crippen LogP contribution is -2.49. The van der Waals surface area contributed by atoms with Crippen molar-refractivity contribution < 1.29 is 19.2 Å². The summed E-state index contributed by atoms with van der Waals surface area (Å²) in [5.41, 5.74) is 2.35. The Morgan fingerprint density at radius 1 is 1.20 bits per heavy atom. The minimum absolute atomic E-state index is 0.165. The smallest absolute Gasteiger partial charge is 0.266 e. The van der Waals surface area contributed by atoms with Gasteiger partial charge >= 0.3 is 0 Å². The van der Waals surface area contributed by atoms with Crippen LogP contribution >= 0.6 is 23.2 Å². The minimum atomic E-state index is -0.765. The van der Waals surface area contributed by atoms with E-state index in [2.05, 4.69) is 21.0 Å². The van der Waals surface area contributed by atoms with E-state index in [0.29, 0.717) is 11.4 Å². The van der Waals surface area contributed by atoms with Gasteiger partial charge in [0.05, 0.1) is 24.2 Å². The first-order chi connectivity index (χ1) is 11.7. The van der Waals surface area contributed by atoms with E-state index in [1.165, 1.54) is 19.2 Å². The summed E-state index contributed by atoms with van der Waals surface area (Å²) in [7, 11) is 1.31. The Hall–Kier alpha value is -1.83. The summed E-state index contributed by atoms with van der Waals surface area (Å²) in [5, 5.41) is 5.58. The lowest BCUT2D eigenvalue weighted by molar-refractivity contribution is -0.136. The second-order valence-electron chi connectivity index (χ2n) is 5.73. The zero-order valence-corrected chi connectivity index (χ0v) is 15.7. The van der Waals surface area contributed by atoms with E-state index in [1.54, 1.807) is 6.07 Å². The molecule has 25 heavy (non-hydrogen) atoms. The van der Waals surface area contributed by atoms with Crippen molar-refractivity contribution >= 4 is 40.9 Å². The Labute approximate surface area is 156 Å². The van der Waals surface area contributed by atoms with Gasteiger partial charge in [-0.15, -0.1) is 0 Å². The number of rotatable bonds is 8. The molecule has 7 nitrogen and oxygen atoms in total. The highest BCUT2D eigenvalue weighted by molar-refractivity contribution is 6.35. The molecule has 1 rings (SSSR count). The maximum absolute atomic E-state index is 12.1. The lowest BCUT2D eigenvalue weighted by Gasteiger charge is -2.19. The van der Waals surface area contributed by atoms with Crippen molar-refractivity contribution in [2.24, 2.45) is 5.92 Å². The Morgan fingerprint density at radius 3 is 2.48 bits per heavy atom. The molecule has 3 N–H and O–H groups in total. The maximum Gasteiger partial charge on any atom is 0.266 e. The van der Waals surface area contributed by atoms with E-state index < -0.39 is 23.8 Å². The molecule has 0 aliphatic heterocycles. The molecule has 1 aromatic carbocycles.